The Hall–Kier alpha value is -0.480. The van der Waals surface area contributed by atoms with Crippen molar-refractivity contribution >= 4 is 0 Å². The average Bonchev–Trinajstić information content (AvgIpc) is 1.79. The fraction of sp³-hybridized carbons (Fsp3) is 1.00. The van der Waals surface area contributed by atoms with Crippen LogP contribution in [-0.4, -0.2) is 26.3 Å². The second kappa shape index (κ2) is 2.41. The fourth-order valence-electron chi connectivity index (χ4n) is 0.832. The van der Waals surface area contributed by atoms with Crippen molar-refractivity contribution in [2.24, 2.45) is 16.3 Å². The lowest BCUT2D eigenvalue weighted by molar-refractivity contribution is -0.101. The predicted octanol–water partition coefficient (Wildman–Crippen LogP) is -0.00733. The Morgan fingerprint density at radius 2 is 2.33 bits per heavy atom. The molecule has 0 spiro atoms. The number of ether oxygens (including phenoxy) is 1. The van der Waals surface area contributed by atoms with Gasteiger partial charge in [-0.3, -0.25) is 0 Å². The van der Waals surface area contributed by atoms with Gasteiger partial charge in [-0.2, -0.15) is 5.11 Å². The number of nitrogens with two attached hydrogens (primary N) is 1. The molecule has 1 heterocycles. The van der Waals surface area contributed by atoms with E-state index in [1.807, 2.05) is 0 Å². The van der Waals surface area contributed by atoms with E-state index < -0.39 is 0 Å². The van der Waals surface area contributed by atoms with Crippen molar-refractivity contribution in [3.8, 4) is 0 Å². The highest BCUT2D eigenvalue weighted by Gasteiger charge is 2.36. The second-order valence-electron chi connectivity index (χ2n) is 2.51. The van der Waals surface area contributed by atoms with Crippen LogP contribution in [0.2, 0.25) is 0 Å². The molecule has 1 fully saturated rings. The monoisotopic (exact) mass is 129 g/mol. The van der Waals surface area contributed by atoms with Crippen LogP contribution in [0.3, 0.4) is 0 Å². The Morgan fingerprint density at radius 1 is 1.67 bits per heavy atom. The molecule has 1 saturated heterocycles. The molecule has 0 radical (unpaired) electrons. The first-order valence-corrected chi connectivity index (χ1v) is 2.94. The van der Waals surface area contributed by atoms with Crippen LogP contribution in [0.5, 0.6) is 0 Å². The van der Waals surface area contributed by atoms with Crippen LogP contribution in [0.25, 0.3) is 0 Å². The summed E-state index contributed by atoms with van der Waals surface area (Å²) in [6, 6.07) is 0. The average molecular weight is 129 g/mol. The molecule has 0 bridgehead atoms. The zero-order valence-electron chi connectivity index (χ0n) is 5.26. The molecular formula is C5H11N3O. The van der Waals surface area contributed by atoms with Crippen molar-refractivity contribution in [3.05, 3.63) is 0 Å². The smallest absolute Gasteiger partial charge is 0.0709 e. The third kappa shape index (κ3) is 1.09. The van der Waals surface area contributed by atoms with E-state index in [-0.39, 0.29) is 5.41 Å². The minimum atomic E-state index is 0.0156. The largest absolute Gasteiger partial charge is 0.380 e. The standard InChI is InChI=1S/C5H11N3O/c6-1-5(2-8-7)3-9-4-5/h7H,1-4,6H2. The summed E-state index contributed by atoms with van der Waals surface area (Å²) >= 11 is 0. The normalized spacial score (nSPS) is 22.8. The molecule has 0 saturated carbocycles. The number of nitrogens with zero attached hydrogens (tertiary/aromatic N) is 1. The Bertz CT molecular complexity index is 105. The number of rotatable bonds is 3. The van der Waals surface area contributed by atoms with Crippen LogP contribution in [0.1, 0.15) is 0 Å². The van der Waals surface area contributed by atoms with Gasteiger partial charge >= 0.3 is 0 Å². The van der Waals surface area contributed by atoms with Gasteiger partial charge in [-0.05, 0) is 0 Å². The van der Waals surface area contributed by atoms with Gasteiger partial charge in [0.1, 0.15) is 0 Å². The van der Waals surface area contributed by atoms with E-state index in [0.29, 0.717) is 26.3 Å². The molecule has 3 N–H and O–H groups in total. The van der Waals surface area contributed by atoms with E-state index in [0.717, 1.165) is 0 Å². The molecule has 4 heteroatoms. The lowest BCUT2D eigenvalue weighted by Gasteiger charge is -2.38. The van der Waals surface area contributed by atoms with Crippen LogP contribution < -0.4 is 5.73 Å². The number of hydrogen-bond acceptors (Lipinski definition) is 4. The van der Waals surface area contributed by atoms with Crippen molar-refractivity contribution in [3.63, 3.8) is 0 Å². The van der Waals surface area contributed by atoms with Gasteiger partial charge in [0.05, 0.1) is 25.2 Å². The van der Waals surface area contributed by atoms with Gasteiger partial charge in [-0.15, -0.1) is 0 Å². The molecule has 0 atom stereocenters. The van der Waals surface area contributed by atoms with E-state index >= 15 is 0 Å². The molecule has 1 rings (SSSR count). The molecule has 0 aromatic rings. The first-order valence-electron chi connectivity index (χ1n) is 2.94. The van der Waals surface area contributed by atoms with Gasteiger partial charge in [-0.25, -0.2) is 5.53 Å². The zero-order chi connectivity index (χ0) is 6.74. The maximum Gasteiger partial charge on any atom is 0.0709 e. The molecule has 52 valence electrons. The molecule has 0 aromatic carbocycles. The van der Waals surface area contributed by atoms with Gasteiger partial charge in [-0.1, -0.05) is 0 Å². The SMILES string of the molecule is N=NCC1(CN)COC1. The highest BCUT2D eigenvalue weighted by Crippen LogP contribution is 2.25. The molecule has 0 aromatic heterocycles. The minimum absolute atomic E-state index is 0.0156. The highest BCUT2D eigenvalue weighted by atomic mass is 16.5. The Kier molecular flexibility index (Phi) is 1.78. The molecule has 1 aliphatic heterocycles. The third-order valence-corrected chi connectivity index (χ3v) is 1.66. The summed E-state index contributed by atoms with van der Waals surface area (Å²) in [7, 11) is 0. The summed E-state index contributed by atoms with van der Waals surface area (Å²) in [5.41, 5.74) is 12.1. The molecule has 0 amide bonds. The van der Waals surface area contributed by atoms with Crippen molar-refractivity contribution in [1.29, 1.82) is 5.53 Å². The summed E-state index contributed by atoms with van der Waals surface area (Å²) in [5.74, 6) is 0. The minimum Gasteiger partial charge on any atom is -0.380 e. The van der Waals surface area contributed by atoms with E-state index in [9.17, 15) is 0 Å². The Morgan fingerprint density at radius 3 is 2.44 bits per heavy atom. The predicted molar refractivity (Wildman–Crippen MR) is 32.3 cm³/mol. The fourth-order valence-corrected chi connectivity index (χ4v) is 0.832. The topological polar surface area (TPSA) is 71.5 Å². The van der Waals surface area contributed by atoms with E-state index in [1.54, 1.807) is 0 Å². The van der Waals surface area contributed by atoms with Crippen LogP contribution >= 0.6 is 0 Å². The summed E-state index contributed by atoms with van der Waals surface area (Å²) in [6.07, 6.45) is 0. The molecule has 9 heavy (non-hydrogen) atoms. The zero-order valence-corrected chi connectivity index (χ0v) is 5.26. The van der Waals surface area contributed by atoms with E-state index in [1.165, 1.54) is 0 Å². The Labute approximate surface area is 53.9 Å². The van der Waals surface area contributed by atoms with Crippen LogP contribution in [0.4, 0.5) is 0 Å². The molecule has 1 aliphatic rings. The third-order valence-electron chi connectivity index (χ3n) is 1.66. The molecule has 4 nitrogen and oxygen atoms in total. The summed E-state index contributed by atoms with van der Waals surface area (Å²) < 4.78 is 4.96. The molecule has 0 aliphatic carbocycles. The first-order chi connectivity index (χ1) is 4.33. The summed E-state index contributed by atoms with van der Waals surface area (Å²) in [6.45, 7) is 2.44. The summed E-state index contributed by atoms with van der Waals surface area (Å²) in [4.78, 5) is 0. The van der Waals surface area contributed by atoms with Gasteiger partial charge in [0.25, 0.3) is 0 Å². The van der Waals surface area contributed by atoms with Gasteiger partial charge in [0.15, 0.2) is 0 Å². The lowest BCUT2D eigenvalue weighted by Crippen LogP contribution is -2.50. The van der Waals surface area contributed by atoms with Crippen molar-refractivity contribution in [1.82, 2.24) is 0 Å². The van der Waals surface area contributed by atoms with Gasteiger partial charge in [0, 0.05) is 6.54 Å². The van der Waals surface area contributed by atoms with Gasteiger partial charge in [0.2, 0.25) is 0 Å². The van der Waals surface area contributed by atoms with Crippen molar-refractivity contribution in [2.75, 3.05) is 26.3 Å². The maximum absolute atomic E-state index is 6.61. The van der Waals surface area contributed by atoms with Crippen molar-refractivity contribution in [2.45, 2.75) is 0 Å². The molecule has 0 unspecified atom stereocenters. The number of nitrogens with one attached hydrogen (secondary N) is 1. The molecular weight excluding hydrogens is 118 g/mol. The van der Waals surface area contributed by atoms with Crippen molar-refractivity contribution < 1.29 is 4.74 Å². The van der Waals surface area contributed by atoms with Crippen LogP contribution in [0.15, 0.2) is 5.11 Å². The quantitative estimate of drug-likeness (QED) is 0.526. The van der Waals surface area contributed by atoms with Crippen LogP contribution in [-0.2, 0) is 4.74 Å². The lowest BCUT2D eigenvalue weighted by atomic mass is 9.86. The maximum atomic E-state index is 6.61. The second-order valence-corrected chi connectivity index (χ2v) is 2.51. The van der Waals surface area contributed by atoms with Gasteiger partial charge < -0.3 is 10.5 Å². The van der Waals surface area contributed by atoms with E-state index in [4.69, 9.17) is 16.0 Å². The van der Waals surface area contributed by atoms with E-state index in [2.05, 4.69) is 5.11 Å². The first kappa shape index (κ1) is 6.64. The summed E-state index contributed by atoms with van der Waals surface area (Å²) in [5, 5.41) is 3.29. The van der Waals surface area contributed by atoms with Crippen LogP contribution in [0, 0.1) is 10.9 Å². The number of hydrogen-bond donors (Lipinski definition) is 2. The Balaban J connectivity index is 2.36. The highest BCUT2D eigenvalue weighted by molar-refractivity contribution is 4.87.